The van der Waals surface area contributed by atoms with Crippen molar-refractivity contribution in [2.45, 2.75) is 12.8 Å². The van der Waals surface area contributed by atoms with Crippen molar-refractivity contribution in [3.05, 3.63) is 23.8 Å². The zero-order chi connectivity index (χ0) is 10.8. The van der Waals surface area contributed by atoms with Gasteiger partial charge in [-0.15, -0.1) is 0 Å². The fraction of sp³-hybridized carbons (Fsp3) is 0.400. The molecule has 0 radical (unpaired) electrons. The largest absolute Gasteiger partial charge is 0.506 e. The molecule has 80 valence electrons. The molecule has 3 N–H and O–H groups in total. The molecule has 1 aliphatic heterocycles. The van der Waals surface area contributed by atoms with E-state index < -0.39 is 0 Å². The Morgan fingerprint density at radius 3 is 2.60 bits per heavy atom. The number of aromatic nitrogens is 1. The molecule has 0 spiro atoms. The van der Waals surface area contributed by atoms with Gasteiger partial charge in [-0.1, -0.05) is 0 Å². The van der Waals surface area contributed by atoms with Crippen molar-refractivity contribution >= 4 is 5.96 Å². The van der Waals surface area contributed by atoms with Gasteiger partial charge in [0.25, 0.3) is 0 Å². The van der Waals surface area contributed by atoms with Gasteiger partial charge in [-0.05, 0) is 25.0 Å². The molecule has 1 aromatic heterocycles. The van der Waals surface area contributed by atoms with E-state index in [1.54, 1.807) is 0 Å². The first-order chi connectivity index (χ1) is 7.18. The molecule has 15 heavy (non-hydrogen) atoms. The molecule has 1 aliphatic rings. The summed E-state index contributed by atoms with van der Waals surface area (Å²) in [5.41, 5.74) is 0.213. The lowest BCUT2D eigenvalue weighted by Crippen LogP contribution is -2.38. The van der Waals surface area contributed by atoms with Crippen LogP contribution in [0.4, 0.5) is 0 Å². The molecule has 1 fully saturated rings. The van der Waals surface area contributed by atoms with E-state index in [0.717, 1.165) is 25.9 Å². The van der Waals surface area contributed by atoms with Crippen molar-refractivity contribution in [3.8, 4) is 5.75 Å². The molecule has 0 aromatic carbocycles. The summed E-state index contributed by atoms with van der Waals surface area (Å²) in [5.74, 6) is 0.350. The third kappa shape index (κ3) is 1.86. The third-order valence-electron chi connectivity index (χ3n) is 2.57. The van der Waals surface area contributed by atoms with Gasteiger partial charge in [-0.3, -0.25) is 15.4 Å². The van der Waals surface area contributed by atoms with Gasteiger partial charge in [0.1, 0.15) is 11.2 Å². The number of nitrogens with zero attached hydrogens (tertiary/aromatic N) is 2. The average molecular weight is 206 g/mol. The standard InChI is InChI=1S/C10H14N4O/c11-9-4-3-8(15)7-14(9)10(12)13-5-1-2-6-13/h3-4,7,11-12,15H,1-2,5-6H2. The Balaban J connectivity index is 2.32. The molecule has 0 amide bonds. The van der Waals surface area contributed by atoms with Crippen LogP contribution in [0.25, 0.3) is 0 Å². The van der Waals surface area contributed by atoms with Crippen LogP contribution in [0.3, 0.4) is 0 Å². The van der Waals surface area contributed by atoms with Crippen molar-refractivity contribution in [3.63, 3.8) is 0 Å². The van der Waals surface area contributed by atoms with E-state index in [4.69, 9.17) is 10.8 Å². The average Bonchev–Trinajstić information content (AvgIpc) is 2.74. The van der Waals surface area contributed by atoms with Crippen LogP contribution < -0.4 is 5.49 Å². The number of rotatable bonds is 0. The predicted molar refractivity (Wildman–Crippen MR) is 55.9 cm³/mol. The first-order valence-electron chi connectivity index (χ1n) is 4.98. The predicted octanol–water partition coefficient (Wildman–Crippen LogP) is 0.552. The fourth-order valence-electron chi connectivity index (χ4n) is 1.75. The molecular weight excluding hydrogens is 192 g/mol. The van der Waals surface area contributed by atoms with E-state index in [2.05, 4.69) is 0 Å². The van der Waals surface area contributed by atoms with Crippen LogP contribution in [0.1, 0.15) is 12.8 Å². The molecule has 1 aromatic rings. The second kappa shape index (κ2) is 3.76. The van der Waals surface area contributed by atoms with Gasteiger partial charge in [-0.2, -0.15) is 0 Å². The summed E-state index contributed by atoms with van der Waals surface area (Å²) in [7, 11) is 0. The summed E-state index contributed by atoms with van der Waals surface area (Å²) in [5, 5.41) is 24.9. The minimum absolute atomic E-state index is 0.0787. The SMILES string of the molecule is N=C(N1CCCC1)n1cc(O)ccc1=N. The monoisotopic (exact) mass is 206 g/mol. The zero-order valence-electron chi connectivity index (χ0n) is 8.40. The number of hydrogen-bond donors (Lipinski definition) is 3. The number of likely N-dealkylation sites (tertiary alicyclic amines) is 1. The number of aromatic hydroxyl groups is 1. The molecule has 0 unspecified atom stereocenters. The van der Waals surface area contributed by atoms with Crippen LogP contribution in [0.5, 0.6) is 5.75 Å². The summed E-state index contributed by atoms with van der Waals surface area (Å²) in [6.45, 7) is 1.72. The van der Waals surface area contributed by atoms with E-state index in [9.17, 15) is 5.11 Å². The van der Waals surface area contributed by atoms with E-state index in [0.29, 0.717) is 0 Å². The Kier molecular flexibility index (Phi) is 2.45. The maximum absolute atomic E-state index is 9.31. The highest BCUT2D eigenvalue weighted by atomic mass is 16.3. The van der Waals surface area contributed by atoms with Crippen molar-refractivity contribution in [1.82, 2.24) is 9.47 Å². The van der Waals surface area contributed by atoms with Crippen molar-refractivity contribution < 1.29 is 5.11 Å². The van der Waals surface area contributed by atoms with E-state index in [-0.39, 0.29) is 17.2 Å². The zero-order valence-corrected chi connectivity index (χ0v) is 8.40. The quantitative estimate of drug-likeness (QED) is 0.428. The first-order valence-corrected chi connectivity index (χ1v) is 4.98. The molecule has 0 bridgehead atoms. The fourth-order valence-corrected chi connectivity index (χ4v) is 1.75. The second-order valence-corrected chi connectivity index (χ2v) is 3.66. The number of hydrogen-bond acceptors (Lipinski definition) is 3. The van der Waals surface area contributed by atoms with E-state index in [1.807, 2.05) is 4.90 Å². The van der Waals surface area contributed by atoms with Gasteiger partial charge in [-0.25, -0.2) is 0 Å². The minimum Gasteiger partial charge on any atom is -0.506 e. The Bertz CT molecular complexity index is 431. The summed E-state index contributed by atoms with van der Waals surface area (Å²) < 4.78 is 1.39. The smallest absolute Gasteiger partial charge is 0.203 e. The van der Waals surface area contributed by atoms with Crippen LogP contribution in [0.2, 0.25) is 0 Å². The topological polar surface area (TPSA) is 76.1 Å². The van der Waals surface area contributed by atoms with Gasteiger partial charge >= 0.3 is 0 Å². The molecule has 5 nitrogen and oxygen atoms in total. The van der Waals surface area contributed by atoms with Crippen molar-refractivity contribution in [2.75, 3.05) is 13.1 Å². The molecule has 2 rings (SSSR count). The first kappa shape index (κ1) is 9.76. The van der Waals surface area contributed by atoms with Crippen molar-refractivity contribution in [2.24, 2.45) is 0 Å². The van der Waals surface area contributed by atoms with E-state index >= 15 is 0 Å². The van der Waals surface area contributed by atoms with Crippen LogP contribution in [-0.2, 0) is 0 Å². The van der Waals surface area contributed by atoms with Gasteiger partial charge < -0.3 is 10.0 Å². The van der Waals surface area contributed by atoms with Crippen LogP contribution in [-0.4, -0.2) is 33.6 Å². The second-order valence-electron chi connectivity index (χ2n) is 3.66. The normalized spacial score (nSPS) is 15.6. The van der Waals surface area contributed by atoms with Gasteiger partial charge in [0.05, 0.1) is 6.20 Å². The van der Waals surface area contributed by atoms with Gasteiger partial charge in [0.2, 0.25) is 5.96 Å². The van der Waals surface area contributed by atoms with Crippen LogP contribution in [0.15, 0.2) is 18.3 Å². The summed E-state index contributed by atoms with van der Waals surface area (Å²) in [6, 6.07) is 2.94. The molecule has 0 saturated carbocycles. The Hall–Kier alpha value is -1.78. The molecule has 0 aliphatic carbocycles. The van der Waals surface area contributed by atoms with Gasteiger partial charge in [0.15, 0.2) is 0 Å². The summed E-state index contributed by atoms with van der Waals surface area (Å²) in [6.07, 6.45) is 3.59. The molecule has 1 saturated heterocycles. The van der Waals surface area contributed by atoms with Crippen LogP contribution in [0, 0.1) is 10.8 Å². The summed E-state index contributed by atoms with van der Waals surface area (Å²) in [4.78, 5) is 1.91. The molecular formula is C10H14N4O. The number of nitrogens with one attached hydrogen (secondary N) is 2. The lowest BCUT2D eigenvalue weighted by molar-refractivity contribution is 0.462. The molecule has 0 atom stereocenters. The Morgan fingerprint density at radius 1 is 1.27 bits per heavy atom. The van der Waals surface area contributed by atoms with Crippen LogP contribution >= 0.6 is 0 Å². The van der Waals surface area contributed by atoms with Gasteiger partial charge in [0, 0.05) is 13.1 Å². The lowest BCUT2D eigenvalue weighted by Gasteiger charge is -2.19. The Morgan fingerprint density at radius 2 is 1.93 bits per heavy atom. The molecule has 5 heteroatoms. The third-order valence-corrected chi connectivity index (χ3v) is 2.57. The maximum atomic E-state index is 9.31. The highest BCUT2D eigenvalue weighted by Crippen LogP contribution is 2.09. The summed E-state index contributed by atoms with van der Waals surface area (Å²) >= 11 is 0. The highest BCUT2D eigenvalue weighted by Gasteiger charge is 2.16. The van der Waals surface area contributed by atoms with Crippen molar-refractivity contribution in [1.29, 1.82) is 10.8 Å². The highest BCUT2D eigenvalue weighted by molar-refractivity contribution is 5.79. The Labute approximate surface area is 87.6 Å². The number of pyridine rings is 1. The lowest BCUT2D eigenvalue weighted by atomic mass is 10.4. The maximum Gasteiger partial charge on any atom is 0.203 e. The van der Waals surface area contributed by atoms with E-state index in [1.165, 1.54) is 22.9 Å². The minimum atomic E-state index is 0.0787. The molecule has 2 heterocycles.